The Bertz CT molecular complexity index is 471. The molecule has 1 aromatic heterocycles. The number of fused-ring (bicyclic) bond motifs is 3. The average molecular weight is 250 g/mol. The molecule has 3 nitrogen and oxygen atoms in total. The van der Waals surface area contributed by atoms with Gasteiger partial charge in [0, 0.05) is 11.5 Å². The topological polar surface area (TPSA) is 38.0 Å². The van der Waals surface area contributed by atoms with Gasteiger partial charge in [-0.25, -0.2) is 8.78 Å². The Morgan fingerprint density at radius 2 is 2.18 bits per heavy atom. The molecule has 2 aliphatic rings. The zero-order chi connectivity index (χ0) is 12.4. The third-order valence-corrected chi connectivity index (χ3v) is 3.48. The monoisotopic (exact) mass is 250 g/mol. The van der Waals surface area contributed by atoms with Crippen molar-refractivity contribution in [3.05, 3.63) is 17.0 Å². The number of nitrogens with zero attached hydrogens (tertiary/aromatic N) is 2. The lowest BCUT2D eigenvalue weighted by atomic mass is 10.1. The van der Waals surface area contributed by atoms with Crippen LogP contribution in [-0.4, -0.2) is 21.5 Å². The summed E-state index contributed by atoms with van der Waals surface area (Å²) in [6.07, 6.45) is -2.59. The molecule has 0 aliphatic heterocycles. The summed E-state index contributed by atoms with van der Waals surface area (Å²) in [5.74, 6) is -4.41. The number of hydrogen-bond acceptors (Lipinski definition) is 2. The average Bonchev–Trinajstić information content (AvgIpc) is 2.89. The summed E-state index contributed by atoms with van der Waals surface area (Å²) in [6.45, 7) is -0.577. The van der Waals surface area contributed by atoms with Crippen molar-refractivity contribution in [2.75, 3.05) is 6.61 Å². The maximum Gasteiger partial charge on any atom is 0.293 e. The van der Waals surface area contributed by atoms with Crippen LogP contribution in [-0.2, 0) is 12.5 Å². The lowest BCUT2D eigenvalue weighted by molar-refractivity contribution is -0.0315. The highest BCUT2D eigenvalue weighted by atomic mass is 19.3. The van der Waals surface area contributed by atoms with E-state index in [4.69, 9.17) is 5.11 Å². The van der Waals surface area contributed by atoms with E-state index in [1.54, 1.807) is 0 Å². The molecule has 0 spiro atoms. The highest BCUT2D eigenvalue weighted by Gasteiger charge is 2.67. The van der Waals surface area contributed by atoms with Gasteiger partial charge in [0.1, 0.15) is 11.4 Å². The molecule has 0 aromatic carbocycles. The van der Waals surface area contributed by atoms with Crippen LogP contribution in [0.5, 0.6) is 0 Å². The van der Waals surface area contributed by atoms with Gasteiger partial charge < -0.3 is 5.11 Å². The number of halogens is 4. The van der Waals surface area contributed by atoms with Gasteiger partial charge >= 0.3 is 0 Å². The molecule has 0 bridgehead atoms. The Morgan fingerprint density at radius 1 is 1.47 bits per heavy atom. The fraction of sp³-hybridized carbons (Fsp3) is 0.700. The first-order valence-electron chi connectivity index (χ1n) is 5.36. The van der Waals surface area contributed by atoms with Crippen molar-refractivity contribution in [2.24, 2.45) is 5.92 Å². The highest BCUT2D eigenvalue weighted by molar-refractivity contribution is 5.46. The minimum absolute atomic E-state index is 0.0171. The number of rotatable bonds is 3. The van der Waals surface area contributed by atoms with Crippen LogP contribution < -0.4 is 0 Å². The van der Waals surface area contributed by atoms with Gasteiger partial charge in [-0.05, 0) is 12.3 Å². The highest BCUT2D eigenvalue weighted by Crippen LogP contribution is 2.68. The van der Waals surface area contributed by atoms with Crippen LogP contribution in [0.3, 0.4) is 0 Å². The molecule has 0 radical (unpaired) electrons. The summed E-state index contributed by atoms with van der Waals surface area (Å²) in [7, 11) is 0. The molecule has 2 aliphatic carbocycles. The van der Waals surface area contributed by atoms with E-state index in [1.807, 2.05) is 0 Å². The van der Waals surface area contributed by atoms with Crippen LogP contribution in [0.1, 0.15) is 35.7 Å². The van der Waals surface area contributed by atoms with Crippen LogP contribution in [0, 0.1) is 5.92 Å². The fourth-order valence-corrected chi connectivity index (χ4v) is 2.72. The van der Waals surface area contributed by atoms with Crippen molar-refractivity contribution in [1.82, 2.24) is 9.78 Å². The molecule has 3 rings (SSSR count). The normalized spacial score (nSPS) is 28.4. The SMILES string of the molecule is OCCn1nc(C(F)F)c2c1C(F)(F)[C@@H]1C[C@H]21. The summed E-state index contributed by atoms with van der Waals surface area (Å²) in [6, 6.07) is 0. The maximum absolute atomic E-state index is 13.8. The molecule has 2 atom stereocenters. The molecule has 0 saturated heterocycles. The first-order chi connectivity index (χ1) is 7.98. The molecule has 1 fully saturated rings. The second-order valence-electron chi connectivity index (χ2n) is 4.47. The fourth-order valence-electron chi connectivity index (χ4n) is 2.72. The van der Waals surface area contributed by atoms with Crippen molar-refractivity contribution >= 4 is 0 Å². The van der Waals surface area contributed by atoms with Crippen molar-refractivity contribution in [2.45, 2.75) is 31.2 Å². The largest absolute Gasteiger partial charge is 0.394 e. The molecule has 0 unspecified atom stereocenters. The predicted molar refractivity (Wildman–Crippen MR) is 49.0 cm³/mol. The summed E-state index contributed by atoms with van der Waals surface area (Å²) < 4.78 is 54.0. The molecular weight excluding hydrogens is 240 g/mol. The van der Waals surface area contributed by atoms with Gasteiger partial charge in [-0.2, -0.15) is 13.9 Å². The molecule has 17 heavy (non-hydrogen) atoms. The molecule has 1 aromatic rings. The second-order valence-corrected chi connectivity index (χ2v) is 4.47. The minimum atomic E-state index is -3.09. The Morgan fingerprint density at radius 3 is 2.76 bits per heavy atom. The lowest BCUT2D eigenvalue weighted by Gasteiger charge is -2.14. The first-order valence-corrected chi connectivity index (χ1v) is 5.36. The van der Waals surface area contributed by atoms with Crippen LogP contribution in [0.4, 0.5) is 17.6 Å². The molecule has 1 heterocycles. The second kappa shape index (κ2) is 3.22. The van der Waals surface area contributed by atoms with Gasteiger partial charge in [0.05, 0.1) is 13.2 Å². The zero-order valence-electron chi connectivity index (χ0n) is 8.71. The number of aliphatic hydroxyl groups excluding tert-OH is 1. The van der Waals surface area contributed by atoms with Gasteiger partial charge in [-0.3, -0.25) is 4.68 Å². The van der Waals surface area contributed by atoms with Crippen molar-refractivity contribution in [1.29, 1.82) is 0 Å². The zero-order valence-corrected chi connectivity index (χ0v) is 8.71. The van der Waals surface area contributed by atoms with Crippen LogP contribution >= 0.6 is 0 Å². The Labute approximate surface area is 94.0 Å². The van der Waals surface area contributed by atoms with Crippen LogP contribution in [0.25, 0.3) is 0 Å². The van der Waals surface area contributed by atoms with E-state index in [9.17, 15) is 17.6 Å². The van der Waals surface area contributed by atoms with Gasteiger partial charge in [-0.15, -0.1) is 0 Å². The number of alkyl halides is 4. The van der Waals surface area contributed by atoms with Gasteiger partial charge in [0.15, 0.2) is 0 Å². The summed E-state index contributed by atoms with van der Waals surface area (Å²) in [5.41, 5.74) is -0.940. The molecule has 1 N–H and O–H groups in total. The Balaban J connectivity index is 2.16. The standard InChI is InChI=1S/C10H10F4N2O/c11-9(12)7-6-4-3-5(4)10(13,14)8(6)16(15-7)1-2-17/h4-5,9,17H,1-3H2/t4-,5+/m0/s1. The third kappa shape index (κ3) is 1.28. The summed E-state index contributed by atoms with van der Waals surface area (Å²) in [5, 5.41) is 12.3. The van der Waals surface area contributed by atoms with E-state index in [-0.39, 0.29) is 18.5 Å². The van der Waals surface area contributed by atoms with E-state index >= 15 is 0 Å². The van der Waals surface area contributed by atoms with Crippen molar-refractivity contribution in [3.63, 3.8) is 0 Å². The minimum Gasteiger partial charge on any atom is -0.394 e. The Kier molecular flexibility index (Phi) is 2.08. The third-order valence-electron chi connectivity index (χ3n) is 3.48. The summed E-state index contributed by atoms with van der Waals surface area (Å²) >= 11 is 0. The summed E-state index contributed by atoms with van der Waals surface area (Å²) in [4.78, 5) is 0. The van der Waals surface area contributed by atoms with Crippen molar-refractivity contribution in [3.8, 4) is 0 Å². The number of aromatic nitrogens is 2. The van der Waals surface area contributed by atoms with Crippen LogP contribution in [0.2, 0.25) is 0 Å². The van der Waals surface area contributed by atoms with E-state index < -0.39 is 42.2 Å². The molecular formula is C10H10F4N2O. The van der Waals surface area contributed by atoms with Gasteiger partial charge in [0.25, 0.3) is 12.3 Å². The van der Waals surface area contributed by atoms with E-state index in [0.29, 0.717) is 0 Å². The van der Waals surface area contributed by atoms with E-state index in [0.717, 1.165) is 4.68 Å². The Hall–Kier alpha value is -1.11. The lowest BCUT2D eigenvalue weighted by Crippen LogP contribution is -2.21. The maximum atomic E-state index is 13.8. The predicted octanol–water partition coefficient (Wildman–Crippen LogP) is 2.02. The molecule has 94 valence electrons. The number of hydrogen-bond donors (Lipinski definition) is 1. The van der Waals surface area contributed by atoms with E-state index in [1.165, 1.54) is 0 Å². The quantitative estimate of drug-likeness (QED) is 0.833. The molecule has 1 saturated carbocycles. The van der Waals surface area contributed by atoms with Crippen LogP contribution in [0.15, 0.2) is 0 Å². The van der Waals surface area contributed by atoms with Gasteiger partial charge in [0.2, 0.25) is 0 Å². The first kappa shape index (κ1) is 11.0. The molecule has 0 amide bonds. The number of aliphatic hydroxyl groups is 1. The smallest absolute Gasteiger partial charge is 0.293 e. The molecule has 7 heteroatoms. The van der Waals surface area contributed by atoms with E-state index in [2.05, 4.69) is 5.10 Å². The van der Waals surface area contributed by atoms with Gasteiger partial charge in [-0.1, -0.05) is 0 Å². The van der Waals surface area contributed by atoms with Crippen molar-refractivity contribution < 1.29 is 22.7 Å².